The largest absolute Gasteiger partial charge is 0.396 e. The number of hydrogen-bond donors (Lipinski definition) is 2. The van der Waals surface area contributed by atoms with E-state index in [2.05, 4.69) is 33.8 Å². The Morgan fingerprint density at radius 1 is 1.17 bits per heavy atom. The van der Waals surface area contributed by atoms with Crippen molar-refractivity contribution in [2.24, 2.45) is 0 Å². The number of nitrogens with one attached hydrogen (secondary N) is 1. The van der Waals surface area contributed by atoms with E-state index >= 15 is 0 Å². The lowest BCUT2D eigenvalue weighted by Crippen LogP contribution is -2.29. The molecule has 0 amide bonds. The van der Waals surface area contributed by atoms with Crippen molar-refractivity contribution < 1.29 is 4.39 Å². The minimum Gasteiger partial charge on any atom is -0.396 e. The predicted octanol–water partition coefficient (Wildman–Crippen LogP) is 4.23. The molecule has 3 heterocycles. The maximum Gasteiger partial charge on any atom is 0.213 e. The summed E-state index contributed by atoms with van der Waals surface area (Å²) in [6, 6.07) is 6.57. The first-order chi connectivity index (χ1) is 14.1. The van der Waals surface area contributed by atoms with Crippen LogP contribution in [0.4, 0.5) is 21.7 Å². The molecule has 0 spiro atoms. The number of halogens is 1. The van der Waals surface area contributed by atoms with Gasteiger partial charge in [-0.05, 0) is 24.6 Å². The first-order valence-corrected chi connectivity index (χ1v) is 9.46. The number of nitrogen functional groups attached to an aromatic ring is 1. The van der Waals surface area contributed by atoms with Crippen molar-refractivity contribution in [3.05, 3.63) is 67.4 Å². The molecule has 3 aromatic rings. The molecule has 3 N–H and O–H groups in total. The Hall–Kier alpha value is -3.55. The molecule has 29 heavy (non-hydrogen) atoms. The summed E-state index contributed by atoms with van der Waals surface area (Å²) in [6.07, 6.45) is 9.30. The van der Waals surface area contributed by atoms with E-state index in [1.165, 1.54) is 12.3 Å². The molecule has 0 saturated heterocycles. The van der Waals surface area contributed by atoms with Crippen molar-refractivity contribution in [2.45, 2.75) is 26.2 Å². The van der Waals surface area contributed by atoms with Gasteiger partial charge in [0.05, 0.1) is 17.6 Å². The van der Waals surface area contributed by atoms with Gasteiger partial charge in [-0.1, -0.05) is 26.3 Å². The fourth-order valence-corrected chi connectivity index (χ4v) is 2.87. The normalized spacial score (nSPS) is 10.6. The second kappa shape index (κ2) is 9.59. The average molecular weight is 393 g/mol. The van der Waals surface area contributed by atoms with Gasteiger partial charge in [0.25, 0.3) is 0 Å². The number of rotatable bonds is 9. The molecular weight excluding hydrogens is 369 g/mol. The minimum absolute atomic E-state index is 0.502. The maximum atomic E-state index is 13.6. The van der Waals surface area contributed by atoms with E-state index < -0.39 is 5.95 Å². The van der Waals surface area contributed by atoms with E-state index in [0.717, 1.165) is 19.3 Å². The SMILES string of the molecule is C=C(Nc1cnccn1)N(CCCCC)c1nc(-c2ccnc(F)c2)ccc1N. The third-order valence-electron chi connectivity index (χ3n) is 4.33. The van der Waals surface area contributed by atoms with Crippen LogP contribution < -0.4 is 16.0 Å². The Morgan fingerprint density at radius 2 is 2.03 bits per heavy atom. The molecule has 3 aromatic heterocycles. The summed E-state index contributed by atoms with van der Waals surface area (Å²) in [4.78, 5) is 18.5. The monoisotopic (exact) mass is 393 g/mol. The summed E-state index contributed by atoms with van der Waals surface area (Å²) in [5, 5.41) is 3.16. The molecule has 0 aliphatic rings. The highest BCUT2D eigenvalue weighted by atomic mass is 19.1. The number of nitrogens with zero attached hydrogens (tertiary/aromatic N) is 5. The van der Waals surface area contributed by atoms with Gasteiger partial charge in [0.2, 0.25) is 5.95 Å². The number of unbranched alkanes of at least 4 members (excludes halogenated alkanes) is 2. The number of aromatic nitrogens is 4. The van der Waals surface area contributed by atoms with Crippen molar-refractivity contribution in [3.8, 4) is 11.3 Å². The molecule has 7 nitrogen and oxygen atoms in total. The van der Waals surface area contributed by atoms with Gasteiger partial charge in [0.1, 0.15) is 11.6 Å². The first-order valence-electron chi connectivity index (χ1n) is 9.46. The summed E-state index contributed by atoms with van der Waals surface area (Å²) in [5.41, 5.74) is 7.97. The Balaban J connectivity index is 1.93. The first kappa shape index (κ1) is 20.2. The molecule has 3 rings (SSSR count). The van der Waals surface area contributed by atoms with Crippen LogP contribution in [0.15, 0.2) is 61.5 Å². The Morgan fingerprint density at radius 3 is 2.76 bits per heavy atom. The Bertz CT molecular complexity index is 962. The molecule has 0 aromatic carbocycles. The molecule has 0 fully saturated rings. The molecule has 0 aliphatic carbocycles. The van der Waals surface area contributed by atoms with Crippen molar-refractivity contribution >= 4 is 17.3 Å². The summed E-state index contributed by atoms with van der Waals surface area (Å²) >= 11 is 0. The van der Waals surface area contributed by atoms with Crippen LogP contribution >= 0.6 is 0 Å². The quantitative estimate of drug-likeness (QED) is 0.415. The summed E-state index contributed by atoms with van der Waals surface area (Å²) < 4.78 is 13.6. The zero-order valence-corrected chi connectivity index (χ0v) is 16.3. The van der Waals surface area contributed by atoms with E-state index in [9.17, 15) is 4.39 Å². The summed E-state index contributed by atoms with van der Waals surface area (Å²) in [6.45, 7) is 6.96. The minimum atomic E-state index is -0.559. The highest BCUT2D eigenvalue weighted by molar-refractivity contribution is 5.72. The van der Waals surface area contributed by atoms with Crippen LogP contribution in [0.25, 0.3) is 11.3 Å². The second-order valence-corrected chi connectivity index (χ2v) is 6.50. The zero-order chi connectivity index (χ0) is 20.6. The maximum absolute atomic E-state index is 13.6. The molecule has 0 saturated carbocycles. The third kappa shape index (κ3) is 5.25. The Kier molecular flexibility index (Phi) is 6.67. The van der Waals surface area contributed by atoms with Crippen LogP contribution in [-0.4, -0.2) is 26.5 Å². The second-order valence-electron chi connectivity index (χ2n) is 6.50. The molecule has 0 radical (unpaired) electrons. The number of hydrogen-bond acceptors (Lipinski definition) is 7. The standard InChI is InChI=1S/C21H24FN7/c1-3-4-5-12-29(15(2)27-20-14-24-10-11-26-20)21-17(23)6-7-18(28-21)16-8-9-25-19(22)13-16/h6-11,13-14H,2-5,12,23H2,1H3,(H,26,27). The van der Waals surface area contributed by atoms with Gasteiger partial charge in [-0.2, -0.15) is 4.39 Å². The van der Waals surface area contributed by atoms with Crippen LogP contribution in [0.2, 0.25) is 0 Å². The lowest BCUT2D eigenvalue weighted by molar-refractivity contribution is 0.584. The average Bonchev–Trinajstić information content (AvgIpc) is 2.73. The van der Waals surface area contributed by atoms with Crippen LogP contribution in [-0.2, 0) is 0 Å². The van der Waals surface area contributed by atoms with E-state index in [0.29, 0.717) is 40.9 Å². The van der Waals surface area contributed by atoms with Crippen molar-refractivity contribution in [2.75, 3.05) is 22.5 Å². The molecule has 0 bridgehead atoms. The predicted molar refractivity (Wildman–Crippen MR) is 114 cm³/mol. The lowest BCUT2D eigenvalue weighted by atomic mass is 10.1. The van der Waals surface area contributed by atoms with Gasteiger partial charge in [0, 0.05) is 36.8 Å². The topological polar surface area (TPSA) is 92.9 Å². The number of pyridine rings is 2. The van der Waals surface area contributed by atoms with Crippen LogP contribution in [0.1, 0.15) is 26.2 Å². The summed E-state index contributed by atoms with van der Waals surface area (Å²) in [7, 11) is 0. The van der Waals surface area contributed by atoms with Gasteiger partial charge in [-0.25, -0.2) is 15.0 Å². The fourth-order valence-electron chi connectivity index (χ4n) is 2.87. The molecule has 0 unspecified atom stereocenters. The molecule has 0 aliphatic heterocycles. The molecular formula is C21H24FN7. The van der Waals surface area contributed by atoms with Crippen molar-refractivity contribution in [1.29, 1.82) is 0 Å². The molecule has 0 atom stereocenters. The van der Waals surface area contributed by atoms with Gasteiger partial charge < -0.3 is 16.0 Å². The lowest BCUT2D eigenvalue weighted by Gasteiger charge is -2.27. The summed E-state index contributed by atoms with van der Waals surface area (Å²) in [5.74, 6) is 1.15. The van der Waals surface area contributed by atoms with Crippen molar-refractivity contribution in [1.82, 2.24) is 19.9 Å². The smallest absolute Gasteiger partial charge is 0.213 e. The van der Waals surface area contributed by atoms with E-state index in [1.54, 1.807) is 36.8 Å². The van der Waals surface area contributed by atoms with Gasteiger partial charge in [0.15, 0.2) is 5.82 Å². The number of nitrogens with two attached hydrogens (primary N) is 1. The van der Waals surface area contributed by atoms with E-state index in [-0.39, 0.29) is 0 Å². The molecule has 8 heteroatoms. The zero-order valence-electron chi connectivity index (χ0n) is 16.3. The highest BCUT2D eigenvalue weighted by Crippen LogP contribution is 2.28. The highest BCUT2D eigenvalue weighted by Gasteiger charge is 2.17. The van der Waals surface area contributed by atoms with Crippen LogP contribution in [0.5, 0.6) is 0 Å². The number of anilines is 3. The van der Waals surface area contributed by atoms with E-state index in [1.807, 2.05) is 4.90 Å². The van der Waals surface area contributed by atoms with Gasteiger partial charge >= 0.3 is 0 Å². The van der Waals surface area contributed by atoms with Crippen LogP contribution in [0.3, 0.4) is 0 Å². The van der Waals surface area contributed by atoms with Gasteiger partial charge in [-0.3, -0.25) is 4.98 Å². The molecule has 150 valence electrons. The van der Waals surface area contributed by atoms with Crippen molar-refractivity contribution in [3.63, 3.8) is 0 Å². The third-order valence-corrected chi connectivity index (χ3v) is 4.33. The Labute approximate surface area is 169 Å². The fraction of sp³-hybridized carbons (Fsp3) is 0.238. The van der Waals surface area contributed by atoms with E-state index in [4.69, 9.17) is 10.7 Å². The van der Waals surface area contributed by atoms with Crippen LogP contribution in [0, 0.1) is 5.95 Å². The van der Waals surface area contributed by atoms with Gasteiger partial charge in [-0.15, -0.1) is 0 Å².